The normalized spacial score (nSPS) is 19.5. The molecule has 1 aliphatic rings. The SMILES string of the molecule is IC1(I)CCc2ccccc2O1. The van der Waals surface area contributed by atoms with Gasteiger partial charge in [0.15, 0.2) is 0 Å². The molecule has 1 aromatic rings. The molecule has 0 fully saturated rings. The Balaban J connectivity index is 2.35. The number of rotatable bonds is 0. The number of aryl methyl sites for hydroxylation is 1. The Morgan fingerprint density at radius 3 is 2.83 bits per heavy atom. The molecule has 1 aromatic carbocycles. The fourth-order valence-corrected chi connectivity index (χ4v) is 2.32. The van der Waals surface area contributed by atoms with Crippen LogP contribution in [0.25, 0.3) is 0 Å². The Morgan fingerprint density at radius 2 is 2.00 bits per heavy atom. The number of fused-ring (bicyclic) bond motifs is 1. The van der Waals surface area contributed by atoms with E-state index in [-0.39, 0.29) is 1.61 Å². The molecule has 0 bridgehead atoms. The van der Waals surface area contributed by atoms with Crippen LogP contribution in [0.4, 0.5) is 0 Å². The highest BCUT2D eigenvalue weighted by Crippen LogP contribution is 2.41. The number of hydrogen-bond acceptors (Lipinski definition) is 1. The lowest BCUT2D eigenvalue weighted by atomic mass is 10.1. The monoisotopic (exact) mass is 386 g/mol. The Bertz CT molecular complexity index is 296. The first-order valence-electron chi connectivity index (χ1n) is 3.82. The van der Waals surface area contributed by atoms with E-state index in [1.807, 2.05) is 12.1 Å². The molecule has 3 heteroatoms. The lowest BCUT2D eigenvalue weighted by Crippen LogP contribution is -2.25. The van der Waals surface area contributed by atoms with Crippen molar-refractivity contribution in [2.75, 3.05) is 0 Å². The molecule has 1 nitrogen and oxygen atoms in total. The molecular formula is C9H8I2O. The van der Waals surface area contributed by atoms with Crippen molar-refractivity contribution in [3.05, 3.63) is 29.8 Å². The maximum absolute atomic E-state index is 5.79. The number of halogens is 2. The van der Waals surface area contributed by atoms with Crippen molar-refractivity contribution >= 4 is 45.2 Å². The van der Waals surface area contributed by atoms with Crippen LogP contribution >= 0.6 is 45.2 Å². The molecule has 0 saturated carbocycles. The first-order valence-corrected chi connectivity index (χ1v) is 5.98. The topological polar surface area (TPSA) is 9.23 Å². The van der Waals surface area contributed by atoms with Crippen molar-refractivity contribution in [1.29, 1.82) is 0 Å². The summed E-state index contributed by atoms with van der Waals surface area (Å²) in [7, 11) is 0. The molecule has 12 heavy (non-hydrogen) atoms. The van der Waals surface area contributed by atoms with Gasteiger partial charge in [-0.1, -0.05) is 18.2 Å². The largest absolute Gasteiger partial charge is 0.467 e. The third-order valence-electron chi connectivity index (χ3n) is 1.92. The molecule has 0 N–H and O–H groups in total. The summed E-state index contributed by atoms with van der Waals surface area (Å²) in [6, 6.07) is 8.27. The zero-order chi connectivity index (χ0) is 8.60. The van der Waals surface area contributed by atoms with Crippen LogP contribution in [-0.4, -0.2) is 1.61 Å². The molecule has 0 aromatic heterocycles. The highest BCUT2D eigenvalue weighted by Gasteiger charge is 2.29. The molecule has 1 heterocycles. The van der Waals surface area contributed by atoms with Gasteiger partial charge in [0.1, 0.15) is 5.75 Å². The lowest BCUT2D eigenvalue weighted by molar-refractivity contribution is 0.256. The summed E-state index contributed by atoms with van der Waals surface area (Å²) in [5.41, 5.74) is 1.33. The van der Waals surface area contributed by atoms with Gasteiger partial charge in [-0.15, -0.1) is 0 Å². The van der Waals surface area contributed by atoms with Crippen LogP contribution < -0.4 is 4.74 Å². The summed E-state index contributed by atoms with van der Waals surface area (Å²) in [5, 5.41) is 0. The Hall–Kier alpha value is 0.480. The van der Waals surface area contributed by atoms with E-state index in [4.69, 9.17) is 4.74 Å². The fourth-order valence-electron chi connectivity index (χ4n) is 1.30. The molecular weight excluding hydrogens is 378 g/mol. The van der Waals surface area contributed by atoms with E-state index in [2.05, 4.69) is 57.3 Å². The number of hydrogen-bond donors (Lipinski definition) is 0. The smallest absolute Gasteiger partial charge is 0.209 e. The number of para-hydroxylation sites is 1. The minimum Gasteiger partial charge on any atom is -0.467 e. The average Bonchev–Trinajstić information content (AvgIpc) is 2.02. The van der Waals surface area contributed by atoms with Gasteiger partial charge in [-0.2, -0.15) is 0 Å². The minimum atomic E-state index is -0.0378. The van der Waals surface area contributed by atoms with Crippen LogP contribution in [0.5, 0.6) is 5.75 Å². The summed E-state index contributed by atoms with van der Waals surface area (Å²) in [6.07, 6.45) is 2.22. The van der Waals surface area contributed by atoms with Gasteiger partial charge in [-0.3, -0.25) is 0 Å². The molecule has 1 aliphatic heterocycles. The summed E-state index contributed by atoms with van der Waals surface area (Å²) < 4.78 is 5.75. The lowest BCUT2D eigenvalue weighted by Gasteiger charge is -2.28. The molecule has 0 unspecified atom stereocenters. The van der Waals surface area contributed by atoms with Crippen molar-refractivity contribution < 1.29 is 4.74 Å². The van der Waals surface area contributed by atoms with Gasteiger partial charge in [0.2, 0.25) is 1.61 Å². The molecule has 0 amide bonds. The van der Waals surface area contributed by atoms with E-state index in [9.17, 15) is 0 Å². The molecule has 0 aliphatic carbocycles. The highest BCUT2D eigenvalue weighted by molar-refractivity contribution is 14.2. The van der Waals surface area contributed by atoms with E-state index < -0.39 is 0 Å². The summed E-state index contributed by atoms with van der Waals surface area (Å²) in [4.78, 5) is 0. The van der Waals surface area contributed by atoms with E-state index in [1.54, 1.807) is 0 Å². The van der Waals surface area contributed by atoms with Crippen molar-refractivity contribution in [3.8, 4) is 5.75 Å². The molecule has 64 valence electrons. The number of ether oxygens (including phenoxy) is 1. The number of alkyl halides is 2. The second kappa shape index (κ2) is 3.32. The van der Waals surface area contributed by atoms with Gasteiger partial charge >= 0.3 is 0 Å². The van der Waals surface area contributed by atoms with Crippen molar-refractivity contribution in [1.82, 2.24) is 0 Å². The van der Waals surface area contributed by atoms with Gasteiger partial charge in [0.05, 0.1) is 0 Å². The Kier molecular flexibility index (Phi) is 2.51. The van der Waals surface area contributed by atoms with E-state index >= 15 is 0 Å². The average molecular weight is 386 g/mol. The molecule has 0 spiro atoms. The molecule has 0 radical (unpaired) electrons. The van der Waals surface area contributed by atoms with Crippen molar-refractivity contribution in [2.45, 2.75) is 14.5 Å². The summed E-state index contributed by atoms with van der Waals surface area (Å²) >= 11 is 4.70. The first kappa shape index (κ1) is 9.05. The van der Waals surface area contributed by atoms with Crippen LogP contribution in [0.1, 0.15) is 12.0 Å². The van der Waals surface area contributed by atoms with Gasteiger partial charge in [0, 0.05) is 6.42 Å². The first-order chi connectivity index (χ1) is 5.67. The maximum Gasteiger partial charge on any atom is 0.209 e. The molecule has 0 saturated heterocycles. The maximum atomic E-state index is 5.79. The standard InChI is InChI=1S/C9H8I2O/c10-9(11)6-5-7-3-1-2-4-8(7)12-9/h1-4H,5-6H2. The zero-order valence-corrected chi connectivity index (χ0v) is 10.7. The van der Waals surface area contributed by atoms with Gasteiger partial charge in [0.25, 0.3) is 0 Å². The highest BCUT2D eigenvalue weighted by atomic mass is 127. The van der Waals surface area contributed by atoms with E-state index in [0.717, 1.165) is 18.6 Å². The Labute approximate surface area is 99.2 Å². The predicted octanol–water partition coefficient (Wildman–Crippen LogP) is 3.54. The van der Waals surface area contributed by atoms with Gasteiger partial charge < -0.3 is 4.74 Å². The van der Waals surface area contributed by atoms with Gasteiger partial charge in [-0.05, 0) is 63.2 Å². The quantitative estimate of drug-likeness (QED) is 0.490. The number of benzene rings is 1. The zero-order valence-electron chi connectivity index (χ0n) is 6.39. The second-order valence-corrected chi connectivity index (χ2v) is 8.40. The second-order valence-electron chi connectivity index (χ2n) is 2.85. The molecule has 2 rings (SSSR count). The van der Waals surface area contributed by atoms with E-state index in [0.29, 0.717) is 0 Å². The van der Waals surface area contributed by atoms with E-state index in [1.165, 1.54) is 5.56 Å². The fraction of sp³-hybridized carbons (Fsp3) is 0.333. The minimum absolute atomic E-state index is 0.0378. The van der Waals surface area contributed by atoms with Crippen LogP contribution in [0.3, 0.4) is 0 Å². The summed E-state index contributed by atoms with van der Waals surface area (Å²) in [5.74, 6) is 1.05. The van der Waals surface area contributed by atoms with Crippen LogP contribution in [0, 0.1) is 0 Å². The third kappa shape index (κ3) is 1.86. The van der Waals surface area contributed by atoms with Crippen LogP contribution in [0.15, 0.2) is 24.3 Å². The summed E-state index contributed by atoms with van der Waals surface area (Å²) in [6.45, 7) is 0. The van der Waals surface area contributed by atoms with Crippen LogP contribution in [-0.2, 0) is 6.42 Å². The van der Waals surface area contributed by atoms with Crippen LogP contribution in [0.2, 0.25) is 0 Å². The van der Waals surface area contributed by atoms with Gasteiger partial charge in [-0.25, -0.2) is 0 Å². The van der Waals surface area contributed by atoms with Crippen molar-refractivity contribution in [2.24, 2.45) is 0 Å². The van der Waals surface area contributed by atoms with Crippen molar-refractivity contribution in [3.63, 3.8) is 0 Å². The molecule has 0 atom stereocenters. The predicted molar refractivity (Wildman–Crippen MR) is 66.2 cm³/mol. The Morgan fingerprint density at radius 1 is 1.25 bits per heavy atom. The third-order valence-corrected chi connectivity index (χ3v) is 3.44.